The molecule has 0 saturated carbocycles. The van der Waals surface area contributed by atoms with Gasteiger partial charge in [0.2, 0.25) is 0 Å². The highest BCUT2D eigenvalue weighted by molar-refractivity contribution is 5.78. The summed E-state index contributed by atoms with van der Waals surface area (Å²) in [5.74, 6) is 0.0244. The van der Waals surface area contributed by atoms with E-state index in [4.69, 9.17) is 20.1 Å². The second-order valence-corrected chi connectivity index (χ2v) is 4.41. The fraction of sp³-hybridized carbons (Fsp3) is 0.462. The van der Waals surface area contributed by atoms with Crippen LogP contribution >= 0.6 is 0 Å². The second-order valence-electron chi connectivity index (χ2n) is 4.41. The molecule has 1 aromatic rings. The minimum absolute atomic E-state index is 0.259. The summed E-state index contributed by atoms with van der Waals surface area (Å²) in [5.41, 5.74) is -0.416. The van der Waals surface area contributed by atoms with Crippen LogP contribution in [-0.2, 0) is 4.79 Å². The number of hydrogen-bond donors (Lipinski definition) is 4. The van der Waals surface area contributed by atoms with Crippen LogP contribution in [0.5, 0.6) is 5.75 Å². The molecule has 0 saturated heterocycles. The van der Waals surface area contributed by atoms with Gasteiger partial charge in [0.1, 0.15) is 11.3 Å². The highest BCUT2D eigenvalue weighted by atomic mass is 16.5. The number of hydrogen-bond acceptors (Lipinski definition) is 5. The van der Waals surface area contributed by atoms with E-state index in [0.29, 0.717) is 5.75 Å². The average Bonchev–Trinajstić information content (AvgIpc) is 2.43. The van der Waals surface area contributed by atoms with Crippen LogP contribution in [0.15, 0.2) is 24.3 Å². The predicted molar refractivity (Wildman–Crippen MR) is 68.8 cm³/mol. The summed E-state index contributed by atoms with van der Waals surface area (Å²) < 4.78 is 5.27. The number of aliphatic hydroxyl groups excluding tert-OH is 3. The predicted octanol–water partition coefficient (Wildman–Crippen LogP) is -0.794. The van der Waals surface area contributed by atoms with Gasteiger partial charge in [0.15, 0.2) is 6.61 Å². The number of aryl methyl sites for hydroxylation is 1. The van der Waals surface area contributed by atoms with Crippen LogP contribution in [0.1, 0.15) is 5.56 Å². The summed E-state index contributed by atoms with van der Waals surface area (Å²) in [6, 6.07) is 7.21. The van der Waals surface area contributed by atoms with Gasteiger partial charge in [0.05, 0.1) is 19.8 Å². The van der Waals surface area contributed by atoms with Gasteiger partial charge in [0.25, 0.3) is 5.91 Å². The number of rotatable bonds is 7. The minimum Gasteiger partial charge on any atom is -0.484 e. The Morgan fingerprint density at radius 1 is 1.26 bits per heavy atom. The Balaban J connectivity index is 2.52. The quantitative estimate of drug-likeness (QED) is 0.520. The van der Waals surface area contributed by atoms with Crippen molar-refractivity contribution >= 4 is 5.91 Å². The van der Waals surface area contributed by atoms with Gasteiger partial charge in [0, 0.05) is 0 Å². The molecule has 0 bridgehead atoms. The summed E-state index contributed by atoms with van der Waals surface area (Å²) in [4.78, 5) is 11.6. The number of carbonyl (C=O) groups is 1. The maximum atomic E-state index is 11.6. The van der Waals surface area contributed by atoms with Crippen molar-refractivity contribution in [2.24, 2.45) is 0 Å². The third-order valence-corrected chi connectivity index (χ3v) is 2.67. The van der Waals surface area contributed by atoms with Gasteiger partial charge in [-0.25, -0.2) is 0 Å². The van der Waals surface area contributed by atoms with Gasteiger partial charge in [-0.3, -0.25) is 4.79 Å². The molecule has 0 aliphatic carbocycles. The lowest BCUT2D eigenvalue weighted by Crippen LogP contribution is -2.58. The molecular weight excluding hydrogens is 250 g/mol. The molecule has 1 rings (SSSR count). The van der Waals surface area contributed by atoms with Crippen LogP contribution in [0, 0.1) is 6.92 Å². The first-order valence-electron chi connectivity index (χ1n) is 5.88. The Morgan fingerprint density at radius 3 is 2.42 bits per heavy atom. The van der Waals surface area contributed by atoms with Crippen molar-refractivity contribution in [3.8, 4) is 5.75 Å². The average molecular weight is 269 g/mol. The van der Waals surface area contributed by atoms with Gasteiger partial charge in [-0.15, -0.1) is 0 Å². The Hall–Kier alpha value is -1.63. The van der Waals surface area contributed by atoms with Crippen molar-refractivity contribution in [1.82, 2.24) is 5.32 Å². The number of carbonyl (C=O) groups excluding carboxylic acids is 1. The molecule has 0 aliphatic heterocycles. The summed E-state index contributed by atoms with van der Waals surface area (Å²) in [5, 5.41) is 29.6. The maximum absolute atomic E-state index is 11.6. The van der Waals surface area contributed by atoms with Crippen molar-refractivity contribution in [3.63, 3.8) is 0 Å². The Kier molecular flexibility index (Phi) is 5.75. The zero-order valence-corrected chi connectivity index (χ0v) is 10.8. The minimum atomic E-state index is -1.42. The smallest absolute Gasteiger partial charge is 0.258 e. The van der Waals surface area contributed by atoms with Gasteiger partial charge in [-0.2, -0.15) is 0 Å². The van der Waals surface area contributed by atoms with E-state index in [9.17, 15) is 4.79 Å². The third-order valence-electron chi connectivity index (χ3n) is 2.67. The third kappa shape index (κ3) is 4.51. The number of benzene rings is 1. The Bertz CT molecular complexity index is 409. The van der Waals surface area contributed by atoms with Crippen molar-refractivity contribution in [2.75, 3.05) is 26.4 Å². The molecule has 6 heteroatoms. The summed E-state index contributed by atoms with van der Waals surface area (Å²) in [6.07, 6.45) is 0. The van der Waals surface area contributed by atoms with Crippen LogP contribution in [0.4, 0.5) is 0 Å². The normalized spacial score (nSPS) is 11.2. The molecule has 19 heavy (non-hydrogen) atoms. The molecule has 106 valence electrons. The molecule has 0 fully saturated rings. The van der Waals surface area contributed by atoms with E-state index in [-0.39, 0.29) is 6.61 Å². The maximum Gasteiger partial charge on any atom is 0.258 e. The molecule has 0 atom stereocenters. The molecule has 0 aromatic heterocycles. The standard InChI is InChI=1S/C13H19NO5/c1-10-3-2-4-11(5-10)19-6-12(18)14-13(7-15,8-16)9-17/h2-5,15-17H,6-9H2,1H3,(H,14,18). The van der Waals surface area contributed by atoms with E-state index in [1.54, 1.807) is 12.1 Å². The Morgan fingerprint density at radius 2 is 1.89 bits per heavy atom. The fourth-order valence-corrected chi connectivity index (χ4v) is 1.45. The molecule has 0 heterocycles. The molecule has 0 unspecified atom stereocenters. The summed E-state index contributed by atoms with van der Waals surface area (Å²) in [6.45, 7) is -0.0327. The largest absolute Gasteiger partial charge is 0.484 e. The van der Waals surface area contributed by atoms with Crippen molar-refractivity contribution in [2.45, 2.75) is 12.5 Å². The molecule has 6 nitrogen and oxygen atoms in total. The highest BCUT2D eigenvalue weighted by Gasteiger charge is 2.29. The van der Waals surface area contributed by atoms with Crippen LogP contribution in [-0.4, -0.2) is 53.2 Å². The molecule has 1 amide bonds. The molecule has 1 aromatic carbocycles. The lowest BCUT2D eigenvalue weighted by atomic mass is 10.0. The molecule has 0 spiro atoms. The van der Waals surface area contributed by atoms with Crippen LogP contribution in [0.3, 0.4) is 0 Å². The zero-order chi connectivity index (χ0) is 14.3. The fourth-order valence-electron chi connectivity index (χ4n) is 1.45. The summed E-state index contributed by atoms with van der Waals surface area (Å²) >= 11 is 0. The van der Waals surface area contributed by atoms with Crippen LogP contribution in [0.25, 0.3) is 0 Å². The van der Waals surface area contributed by atoms with Crippen molar-refractivity contribution in [3.05, 3.63) is 29.8 Å². The van der Waals surface area contributed by atoms with Gasteiger partial charge >= 0.3 is 0 Å². The molecule has 0 aliphatic rings. The van der Waals surface area contributed by atoms with E-state index in [0.717, 1.165) is 5.56 Å². The van der Waals surface area contributed by atoms with E-state index < -0.39 is 31.3 Å². The van der Waals surface area contributed by atoms with Gasteiger partial charge in [-0.1, -0.05) is 12.1 Å². The Labute approximate surface area is 111 Å². The first kappa shape index (κ1) is 15.4. The van der Waals surface area contributed by atoms with Gasteiger partial charge in [-0.05, 0) is 24.6 Å². The summed E-state index contributed by atoms with van der Waals surface area (Å²) in [7, 11) is 0. The van der Waals surface area contributed by atoms with E-state index >= 15 is 0 Å². The number of aliphatic hydroxyl groups is 3. The monoisotopic (exact) mass is 269 g/mol. The molecule has 0 radical (unpaired) electrons. The number of ether oxygens (including phenoxy) is 1. The highest BCUT2D eigenvalue weighted by Crippen LogP contribution is 2.12. The second kappa shape index (κ2) is 7.08. The number of amides is 1. The van der Waals surface area contributed by atoms with Crippen LogP contribution < -0.4 is 10.1 Å². The van der Waals surface area contributed by atoms with E-state index in [1.165, 1.54) is 0 Å². The lowest BCUT2D eigenvalue weighted by molar-refractivity contribution is -0.127. The topological polar surface area (TPSA) is 99.0 Å². The van der Waals surface area contributed by atoms with Gasteiger partial charge < -0.3 is 25.4 Å². The zero-order valence-electron chi connectivity index (χ0n) is 10.8. The molecular formula is C13H19NO5. The van der Waals surface area contributed by atoms with Crippen molar-refractivity contribution in [1.29, 1.82) is 0 Å². The first-order chi connectivity index (χ1) is 9.05. The first-order valence-corrected chi connectivity index (χ1v) is 5.88. The molecule has 4 N–H and O–H groups in total. The lowest BCUT2D eigenvalue weighted by Gasteiger charge is -2.28. The van der Waals surface area contributed by atoms with Crippen molar-refractivity contribution < 1.29 is 24.9 Å². The van der Waals surface area contributed by atoms with E-state index in [1.807, 2.05) is 19.1 Å². The SMILES string of the molecule is Cc1cccc(OCC(=O)NC(CO)(CO)CO)c1. The number of nitrogens with one attached hydrogen (secondary N) is 1. The van der Waals surface area contributed by atoms with E-state index in [2.05, 4.69) is 5.32 Å². The van der Waals surface area contributed by atoms with Crippen LogP contribution in [0.2, 0.25) is 0 Å².